The molecule has 24 heavy (non-hydrogen) atoms. The van der Waals surface area contributed by atoms with Crippen LogP contribution in [0.4, 0.5) is 13.9 Å². The van der Waals surface area contributed by atoms with Crippen LogP contribution in [0, 0.1) is 11.6 Å². The predicted molar refractivity (Wildman–Crippen MR) is 84.0 cm³/mol. The fourth-order valence-electron chi connectivity index (χ4n) is 2.47. The van der Waals surface area contributed by atoms with Crippen molar-refractivity contribution in [2.45, 2.75) is 19.3 Å². The second kappa shape index (κ2) is 6.60. The lowest BCUT2D eigenvalue weighted by Gasteiger charge is -2.25. The number of Topliss-reactive ketones (excluding diaryl/α,β-unsaturated/α-hetero) is 1. The number of aromatic nitrogens is 2. The van der Waals surface area contributed by atoms with E-state index in [4.69, 9.17) is 5.73 Å². The van der Waals surface area contributed by atoms with Gasteiger partial charge in [-0.2, -0.15) is 0 Å². The summed E-state index contributed by atoms with van der Waals surface area (Å²) < 4.78 is 26.7. The number of hydrogen-bond acceptors (Lipinski definition) is 6. The summed E-state index contributed by atoms with van der Waals surface area (Å²) in [7, 11) is 0. The number of piperidine rings is 1. The molecule has 3 heterocycles. The van der Waals surface area contributed by atoms with E-state index in [1.807, 2.05) is 4.90 Å². The third kappa shape index (κ3) is 3.40. The molecular formula is C15H14F2N4O2S. The number of carbonyl (C=O) groups is 2. The van der Waals surface area contributed by atoms with Gasteiger partial charge in [-0.05, 0) is 0 Å². The van der Waals surface area contributed by atoms with Gasteiger partial charge in [0.15, 0.2) is 5.13 Å². The zero-order valence-corrected chi connectivity index (χ0v) is 13.4. The first-order chi connectivity index (χ1) is 11.4. The van der Waals surface area contributed by atoms with Crippen LogP contribution in [-0.4, -0.2) is 34.7 Å². The maximum atomic E-state index is 13.8. The molecule has 0 spiro atoms. The molecule has 9 heteroatoms. The summed E-state index contributed by atoms with van der Waals surface area (Å²) >= 11 is 1.11. The molecule has 2 aromatic rings. The molecule has 1 saturated heterocycles. The lowest BCUT2D eigenvalue weighted by molar-refractivity contribution is -0.119. The Bertz CT molecular complexity index is 799. The number of ketones is 1. The molecule has 0 bridgehead atoms. The highest BCUT2D eigenvalue weighted by Gasteiger charge is 2.24. The van der Waals surface area contributed by atoms with Crippen molar-refractivity contribution in [3.63, 3.8) is 0 Å². The van der Waals surface area contributed by atoms with Crippen LogP contribution in [0.25, 0.3) is 0 Å². The predicted octanol–water partition coefficient (Wildman–Crippen LogP) is 1.68. The van der Waals surface area contributed by atoms with Crippen LogP contribution in [0.3, 0.4) is 0 Å². The van der Waals surface area contributed by atoms with Gasteiger partial charge in [0.05, 0.1) is 17.6 Å². The van der Waals surface area contributed by atoms with Crippen molar-refractivity contribution in [2.75, 3.05) is 18.0 Å². The summed E-state index contributed by atoms with van der Waals surface area (Å²) in [6.07, 6.45) is 1.70. The van der Waals surface area contributed by atoms with Gasteiger partial charge in [-0.25, -0.2) is 13.8 Å². The maximum Gasteiger partial charge on any atom is 0.260 e. The summed E-state index contributed by atoms with van der Waals surface area (Å²) in [4.78, 5) is 33.2. The van der Waals surface area contributed by atoms with E-state index in [1.54, 1.807) is 0 Å². The second-order valence-corrected chi connectivity index (χ2v) is 6.40. The van der Waals surface area contributed by atoms with Gasteiger partial charge in [0.25, 0.3) is 5.91 Å². The van der Waals surface area contributed by atoms with Crippen LogP contribution in [-0.2, 0) is 11.2 Å². The molecule has 1 amide bonds. The van der Waals surface area contributed by atoms with E-state index in [2.05, 4.69) is 9.97 Å². The number of nitrogens with two attached hydrogens (primary N) is 1. The van der Waals surface area contributed by atoms with Crippen molar-refractivity contribution in [1.82, 2.24) is 9.97 Å². The molecule has 2 N–H and O–H groups in total. The zero-order valence-electron chi connectivity index (χ0n) is 12.6. The van der Waals surface area contributed by atoms with E-state index in [1.165, 1.54) is 0 Å². The highest BCUT2D eigenvalue weighted by molar-refractivity contribution is 7.17. The fourth-order valence-corrected chi connectivity index (χ4v) is 3.45. The maximum absolute atomic E-state index is 13.8. The van der Waals surface area contributed by atoms with Crippen LogP contribution < -0.4 is 10.6 Å². The highest BCUT2D eigenvalue weighted by Crippen LogP contribution is 2.29. The minimum atomic E-state index is -0.802. The normalized spacial score (nSPS) is 14.9. The monoisotopic (exact) mass is 352 g/mol. The third-order valence-electron chi connectivity index (χ3n) is 3.72. The molecule has 6 nitrogen and oxygen atoms in total. The van der Waals surface area contributed by atoms with Gasteiger partial charge in [-0.1, -0.05) is 11.3 Å². The molecular weight excluding hydrogens is 338 g/mol. The van der Waals surface area contributed by atoms with E-state index < -0.39 is 17.5 Å². The molecule has 3 rings (SSSR count). The molecule has 0 saturated carbocycles. The van der Waals surface area contributed by atoms with Gasteiger partial charge in [-0.15, -0.1) is 0 Å². The summed E-state index contributed by atoms with van der Waals surface area (Å²) in [5, 5.41) is 0.564. The Balaban J connectivity index is 1.89. The number of thiazole rings is 1. The molecule has 1 fully saturated rings. The molecule has 0 radical (unpaired) electrons. The number of carbonyl (C=O) groups excluding carboxylic acids is 2. The zero-order chi connectivity index (χ0) is 17.3. The number of rotatable bonds is 4. The number of pyridine rings is 1. The van der Waals surface area contributed by atoms with Crippen molar-refractivity contribution in [2.24, 2.45) is 5.73 Å². The molecule has 0 aliphatic carbocycles. The molecule has 1 aliphatic heterocycles. The lowest BCUT2D eigenvalue weighted by Crippen LogP contribution is -2.33. The Morgan fingerprint density at radius 1 is 1.29 bits per heavy atom. The van der Waals surface area contributed by atoms with Crippen LogP contribution >= 0.6 is 11.3 Å². The minimum Gasteiger partial charge on any atom is -0.365 e. The quantitative estimate of drug-likeness (QED) is 0.904. The SMILES string of the molecule is NC(=O)c1sc(N2CCC(=O)CC2)nc1Cc1ncc(F)cc1F. The van der Waals surface area contributed by atoms with E-state index >= 15 is 0 Å². The number of primary amides is 1. The van der Waals surface area contributed by atoms with Gasteiger partial charge < -0.3 is 10.6 Å². The first-order valence-corrected chi connectivity index (χ1v) is 8.11. The van der Waals surface area contributed by atoms with Crippen LogP contribution in [0.1, 0.15) is 33.9 Å². The smallest absolute Gasteiger partial charge is 0.260 e. The summed E-state index contributed by atoms with van der Waals surface area (Å²) in [5.41, 5.74) is 5.67. The third-order valence-corrected chi connectivity index (χ3v) is 4.89. The number of halogens is 2. The summed E-state index contributed by atoms with van der Waals surface area (Å²) in [6.45, 7) is 1.04. The number of hydrogen-bond donors (Lipinski definition) is 1. The van der Waals surface area contributed by atoms with Gasteiger partial charge in [-0.3, -0.25) is 14.6 Å². The molecule has 1 aliphatic rings. The molecule has 0 atom stereocenters. The first-order valence-electron chi connectivity index (χ1n) is 7.30. The largest absolute Gasteiger partial charge is 0.365 e. The van der Waals surface area contributed by atoms with E-state index in [0.29, 0.717) is 36.8 Å². The van der Waals surface area contributed by atoms with Crippen LogP contribution in [0.5, 0.6) is 0 Å². The lowest BCUT2D eigenvalue weighted by atomic mass is 10.1. The Morgan fingerprint density at radius 3 is 2.62 bits per heavy atom. The Labute approximate surface area is 140 Å². The topological polar surface area (TPSA) is 89.2 Å². The van der Waals surface area contributed by atoms with Crippen molar-refractivity contribution in [3.05, 3.63) is 40.2 Å². The molecule has 126 valence electrons. The van der Waals surface area contributed by atoms with Gasteiger partial charge in [0.2, 0.25) is 0 Å². The number of nitrogens with zero attached hydrogens (tertiary/aromatic N) is 3. The van der Waals surface area contributed by atoms with Gasteiger partial charge in [0, 0.05) is 38.4 Å². The van der Waals surface area contributed by atoms with Crippen LogP contribution in [0.15, 0.2) is 12.3 Å². The molecule has 0 aromatic carbocycles. The fraction of sp³-hybridized carbons (Fsp3) is 0.333. The first kappa shape index (κ1) is 16.4. The van der Waals surface area contributed by atoms with Crippen molar-refractivity contribution in [3.8, 4) is 0 Å². The Kier molecular flexibility index (Phi) is 4.52. The second-order valence-electron chi connectivity index (χ2n) is 5.42. The molecule has 2 aromatic heterocycles. The highest BCUT2D eigenvalue weighted by atomic mass is 32.1. The van der Waals surface area contributed by atoms with Crippen LogP contribution in [0.2, 0.25) is 0 Å². The Hall–Kier alpha value is -2.42. The Morgan fingerprint density at radius 2 is 2.00 bits per heavy atom. The molecule has 0 unspecified atom stereocenters. The van der Waals surface area contributed by atoms with Crippen molar-refractivity contribution >= 4 is 28.2 Å². The van der Waals surface area contributed by atoms with Gasteiger partial charge >= 0.3 is 0 Å². The van der Waals surface area contributed by atoms with E-state index in [9.17, 15) is 18.4 Å². The standard InChI is InChI=1S/C15H14F2N4O2S/c16-8-5-10(17)11(19-7-8)6-12-13(14(18)23)24-15(20-12)21-3-1-9(22)2-4-21/h5,7H,1-4,6H2,(H2,18,23). The summed E-state index contributed by atoms with van der Waals surface area (Å²) in [6, 6.07) is 0.732. The number of amides is 1. The average molecular weight is 352 g/mol. The summed E-state index contributed by atoms with van der Waals surface area (Å²) in [5.74, 6) is -2.05. The van der Waals surface area contributed by atoms with Crippen molar-refractivity contribution < 1.29 is 18.4 Å². The van der Waals surface area contributed by atoms with Gasteiger partial charge in [0.1, 0.15) is 22.3 Å². The average Bonchev–Trinajstić information content (AvgIpc) is 2.95. The number of anilines is 1. The van der Waals surface area contributed by atoms with E-state index in [-0.39, 0.29) is 22.8 Å². The van der Waals surface area contributed by atoms with Crippen molar-refractivity contribution in [1.29, 1.82) is 0 Å². The van der Waals surface area contributed by atoms with E-state index in [0.717, 1.165) is 23.6 Å². The minimum absolute atomic E-state index is 0.00966.